The van der Waals surface area contributed by atoms with Crippen molar-refractivity contribution in [2.75, 3.05) is 13.1 Å². The molecule has 0 aliphatic carbocycles. The van der Waals surface area contributed by atoms with E-state index in [1.807, 2.05) is 6.07 Å². The lowest BCUT2D eigenvalue weighted by atomic mass is 10.2. The highest BCUT2D eigenvalue weighted by Gasteiger charge is 2.18. The Bertz CT molecular complexity index is 360. The minimum atomic E-state index is 0. The van der Waals surface area contributed by atoms with Gasteiger partial charge in [-0.15, -0.1) is 12.4 Å². The largest absolute Gasteiger partial charge is 0.326 e. The van der Waals surface area contributed by atoms with Gasteiger partial charge in [0.1, 0.15) is 0 Å². The molecule has 1 aliphatic rings. The fourth-order valence-electron chi connectivity index (χ4n) is 1.90. The number of hydrogen-bond acceptors (Lipinski definition) is 2. The standard InChI is InChI=1S/C11H14BrClN2.ClH/c12-10-5-8(1-2-11(10)13)6-15-4-3-9(14)7-15;/h1-2,5,9H,3-4,6-7,14H2;1H/t9-;/m1./s1. The molecule has 16 heavy (non-hydrogen) atoms. The van der Waals surface area contributed by atoms with Crippen LogP contribution in [0.1, 0.15) is 12.0 Å². The molecule has 0 unspecified atom stereocenters. The van der Waals surface area contributed by atoms with Crippen molar-refractivity contribution in [3.63, 3.8) is 0 Å². The van der Waals surface area contributed by atoms with Crippen LogP contribution in [0.15, 0.2) is 22.7 Å². The third-order valence-corrected chi connectivity index (χ3v) is 3.91. The van der Waals surface area contributed by atoms with Crippen molar-refractivity contribution in [1.82, 2.24) is 4.90 Å². The van der Waals surface area contributed by atoms with Crippen molar-refractivity contribution in [2.45, 2.75) is 19.0 Å². The molecule has 1 saturated heterocycles. The normalized spacial score (nSPS) is 20.8. The minimum absolute atomic E-state index is 0. The summed E-state index contributed by atoms with van der Waals surface area (Å²) in [5.41, 5.74) is 7.14. The first kappa shape index (κ1) is 14.3. The second-order valence-electron chi connectivity index (χ2n) is 4.03. The van der Waals surface area contributed by atoms with Crippen molar-refractivity contribution in [3.8, 4) is 0 Å². The first-order valence-electron chi connectivity index (χ1n) is 5.07. The summed E-state index contributed by atoms with van der Waals surface area (Å²) in [5.74, 6) is 0. The Balaban J connectivity index is 0.00000128. The predicted octanol–water partition coefficient (Wildman–Crippen LogP) is 3.06. The van der Waals surface area contributed by atoms with Gasteiger partial charge in [0.05, 0.1) is 5.02 Å². The molecule has 0 bridgehead atoms. The molecule has 2 rings (SSSR count). The summed E-state index contributed by atoms with van der Waals surface area (Å²) in [7, 11) is 0. The van der Waals surface area contributed by atoms with E-state index in [0.717, 1.165) is 35.6 Å². The number of nitrogens with zero attached hydrogens (tertiary/aromatic N) is 1. The molecule has 1 aromatic rings. The second kappa shape index (κ2) is 6.22. The van der Waals surface area contributed by atoms with Crippen molar-refractivity contribution < 1.29 is 0 Å². The summed E-state index contributed by atoms with van der Waals surface area (Å²) < 4.78 is 0.963. The molecule has 0 spiro atoms. The SMILES string of the molecule is Cl.N[C@@H]1CCN(Cc2ccc(Cl)c(Br)c2)C1. The van der Waals surface area contributed by atoms with Gasteiger partial charge in [-0.1, -0.05) is 17.7 Å². The highest BCUT2D eigenvalue weighted by Crippen LogP contribution is 2.24. The Morgan fingerprint density at radius 2 is 2.25 bits per heavy atom. The van der Waals surface area contributed by atoms with E-state index in [4.69, 9.17) is 17.3 Å². The van der Waals surface area contributed by atoms with E-state index in [9.17, 15) is 0 Å². The highest BCUT2D eigenvalue weighted by atomic mass is 79.9. The molecule has 0 radical (unpaired) electrons. The molecular weight excluding hydrogens is 311 g/mol. The van der Waals surface area contributed by atoms with Crippen LogP contribution >= 0.6 is 39.9 Å². The van der Waals surface area contributed by atoms with Gasteiger partial charge in [-0.3, -0.25) is 4.90 Å². The molecule has 1 atom stereocenters. The van der Waals surface area contributed by atoms with E-state index in [0.29, 0.717) is 6.04 Å². The van der Waals surface area contributed by atoms with Crippen molar-refractivity contribution in [1.29, 1.82) is 0 Å². The van der Waals surface area contributed by atoms with Crippen LogP contribution in [0.3, 0.4) is 0 Å². The zero-order valence-electron chi connectivity index (χ0n) is 8.83. The van der Waals surface area contributed by atoms with Gasteiger partial charge in [0.15, 0.2) is 0 Å². The van der Waals surface area contributed by atoms with Crippen LogP contribution in [-0.4, -0.2) is 24.0 Å². The fourth-order valence-corrected chi connectivity index (χ4v) is 2.45. The number of rotatable bonds is 2. The lowest BCUT2D eigenvalue weighted by molar-refractivity contribution is 0.327. The smallest absolute Gasteiger partial charge is 0.0548 e. The zero-order valence-corrected chi connectivity index (χ0v) is 12.0. The van der Waals surface area contributed by atoms with Crippen LogP contribution in [0.2, 0.25) is 5.02 Å². The van der Waals surface area contributed by atoms with E-state index in [-0.39, 0.29) is 12.4 Å². The van der Waals surface area contributed by atoms with Crippen LogP contribution in [0.25, 0.3) is 0 Å². The Labute approximate surface area is 116 Å². The summed E-state index contributed by atoms with van der Waals surface area (Å²) in [5, 5.41) is 0.761. The summed E-state index contributed by atoms with van der Waals surface area (Å²) in [6, 6.07) is 6.42. The number of nitrogens with two attached hydrogens (primary N) is 1. The number of halogens is 3. The number of likely N-dealkylation sites (tertiary alicyclic amines) is 1. The molecule has 1 aliphatic heterocycles. The molecule has 0 aromatic heterocycles. The monoisotopic (exact) mass is 324 g/mol. The number of hydrogen-bond donors (Lipinski definition) is 1. The molecule has 1 aromatic carbocycles. The van der Waals surface area contributed by atoms with E-state index in [1.165, 1.54) is 5.56 Å². The van der Waals surface area contributed by atoms with Crippen LogP contribution in [0, 0.1) is 0 Å². The van der Waals surface area contributed by atoms with Crippen LogP contribution in [0.4, 0.5) is 0 Å². The molecule has 1 fully saturated rings. The van der Waals surface area contributed by atoms with Gasteiger partial charge in [-0.05, 0) is 40.0 Å². The van der Waals surface area contributed by atoms with Gasteiger partial charge >= 0.3 is 0 Å². The lowest BCUT2D eigenvalue weighted by Gasteiger charge is -2.15. The predicted molar refractivity (Wildman–Crippen MR) is 74.3 cm³/mol. The molecule has 1 heterocycles. The fraction of sp³-hybridized carbons (Fsp3) is 0.455. The molecule has 2 N–H and O–H groups in total. The Morgan fingerprint density at radius 3 is 2.81 bits per heavy atom. The average molecular weight is 326 g/mol. The van der Waals surface area contributed by atoms with E-state index in [1.54, 1.807) is 0 Å². The number of benzene rings is 1. The van der Waals surface area contributed by atoms with Gasteiger partial charge in [0, 0.05) is 30.1 Å². The summed E-state index contributed by atoms with van der Waals surface area (Å²) in [4.78, 5) is 2.38. The van der Waals surface area contributed by atoms with Crippen molar-refractivity contribution in [2.24, 2.45) is 5.73 Å². The summed E-state index contributed by atoms with van der Waals surface area (Å²) >= 11 is 9.37. The second-order valence-corrected chi connectivity index (χ2v) is 5.29. The van der Waals surface area contributed by atoms with Gasteiger partial charge < -0.3 is 5.73 Å². The summed E-state index contributed by atoms with van der Waals surface area (Å²) in [6.07, 6.45) is 1.11. The first-order chi connectivity index (χ1) is 7.15. The van der Waals surface area contributed by atoms with Crippen LogP contribution in [-0.2, 0) is 6.54 Å². The third kappa shape index (κ3) is 3.60. The molecule has 2 nitrogen and oxygen atoms in total. The average Bonchev–Trinajstić information content (AvgIpc) is 2.58. The molecule has 5 heteroatoms. The molecular formula is C11H15BrCl2N2. The lowest BCUT2D eigenvalue weighted by Crippen LogP contribution is -2.26. The van der Waals surface area contributed by atoms with Gasteiger partial charge in [-0.25, -0.2) is 0 Å². The van der Waals surface area contributed by atoms with Gasteiger partial charge in [0.2, 0.25) is 0 Å². The molecule has 90 valence electrons. The highest BCUT2D eigenvalue weighted by molar-refractivity contribution is 9.10. The first-order valence-corrected chi connectivity index (χ1v) is 6.24. The zero-order chi connectivity index (χ0) is 10.8. The summed E-state index contributed by atoms with van der Waals surface area (Å²) in [6.45, 7) is 3.06. The van der Waals surface area contributed by atoms with Crippen LogP contribution in [0.5, 0.6) is 0 Å². The van der Waals surface area contributed by atoms with E-state index in [2.05, 4.69) is 33.0 Å². The van der Waals surface area contributed by atoms with Crippen molar-refractivity contribution >= 4 is 39.9 Å². The van der Waals surface area contributed by atoms with Crippen LogP contribution < -0.4 is 5.73 Å². The maximum absolute atomic E-state index is 5.94. The third-order valence-electron chi connectivity index (χ3n) is 2.70. The van der Waals surface area contributed by atoms with Crippen molar-refractivity contribution in [3.05, 3.63) is 33.3 Å². The Hall–Kier alpha value is 0.200. The quantitative estimate of drug-likeness (QED) is 0.905. The topological polar surface area (TPSA) is 29.3 Å². The molecule has 0 amide bonds. The van der Waals surface area contributed by atoms with E-state index >= 15 is 0 Å². The van der Waals surface area contributed by atoms with Gasteiger partial charge in [0.25, 0.3) is 0 Å². The van der Waals surface area contributed by atoms with E-state index < -0.39 is 0 Å². The Kier molecular flexibility index (Phi) is 5.54. The maximum atomic E-state index is 5.94. The van der Waals surface area contributed by atoms with Gasteiger partial charge in [-0.2, -0.15) is 0 Å². The maximum Gasteiger partial charge on any atom is 0.0548 e. The Morgan fingerprint density at radius 1 is 1.50 bits per heavy atom. The molecule has 0 saturated carbocycles. The minimum Gasteiger partial charge on any atom is -0.326 e.